The molecule has 1 nitrogen and oxygen atoms in total. The number of hydrogen-bond acceptors (Lipinski definition) is 1. The van der Waals surface area contributed by atoms with Crippen molar-refractivity contribution in [2.45, 2.75) is 12.8 Å². The van der Waals surface area contributed by atoms with Crippen LogP contribution in [-0.4, -0.2) is 13.1 Å². The summed E-state index contributed by atoms with van der Waals surface area (Å²) in [6, 6.07) is 0. The molecule has 1 N–H and O–H groups in total. The molecule has 1 saturated carbocycles. The highest BCUT2D eigenvalue weighted by Crippen LogP contribution is 2.45. The third kappa shape index (κ3) is 0.750. The van der Waals surface area contributed by atoms with Gasteiger partial charge in [-0.15, -0.1) is 0 Å². The highest BCUT2D eigenvalue weighted by atomic mass is 14.9. The molecular formula is C10H15N. The third-order valence-electron chi connectivity index (χ3n) is 3.85. The summed E-state index contributed by atoms with van der Waals surface area (Å²) >= 11 is 0. The van der Waals surface area contributed by atoms with Crippen LogP contribution >= 0.6 is 0 Å². The van der Waals surface area contributed by atoms with Crippen molar-refractivity contribution in [3.63, 3.8) is 0 Å². The van der Waals surface area contributed by atoms with E-state index in [9.17, 15) is 0 Å². The monoisotopic (exact) mass is 149 g/mol. The molecule has 0 amide bonds. The number of fused-ring (bicyclic) bond motifs is 1. The van der Waals surface area contributed by atoms with Gasteiger partial charge < -0.3 is 5.32 Å². The maximum Gasteiger partial charge on any atom is -0.00114 e. The molecule has 0 radical (unpaired) electrons. The quantitative estimate of drug-likeness (QED) is 0.514. The van der Waals surface area contributed by atoms with Gasteiger partial charge in [-0.3, -0.25) is 0 Å². The van der Waals surface area contributed by atoms with Crippen LogP contribution in [0.5, 0.6) is 0 Å². The molecule has 4 rings (SSSR count). The van der Waals surface area contributed by atoms with E-state index < -0.39 is 0 Å². The molecule has 1 heteroatoms. The lowest BCUT2D eigenvalue weighted by molar-refractivity contribution is 0.169. The average molecular weight is 149 g/mol. The zero-order valence-corrected chi connectivity index (χ0v) is 6.79. The van der Waals surface area contributed by atoms with E-state index in [0.29, 0.717) is 0 Å². The van der Waals surface area contributed by atoms with Gasteiger partial charge in [0.25, 0.3) is 0 Å². The van der Waals surface area contributed by atoms with Crippen LogP contribution in [-0.2, 0) is 0 Å². The van der Waals surface area contributed by atoms with E-state index in [1.54, 1.807) is 0 Å². The SMILES string of the molecule is C1=C[C@H]2CC[C@H]1[C@@H]1CNC[C@H]12. The van der Waals surface area contributed by atoms with Crippen molar-refractivity contribution in [3.05, 3.63) is 12.2 Å². The molecule has 2 bridgehead atoms. The Bertz CT molecular complexity index is 177. The zero-order chi connectivity index (χ0) is 7.26. The van der Waals surface area contributed by atoms with Gasteiger partial charge in [0.15, 0.2) is 0 Å². The van der Waals surface area contributed by atoms with Gasteiger partial charge in [-0.25, -0.2) is 0 Å². The fraction of sp³-hybridized carbons (Fsp3) is 0.800. The van der Waals surface area contributed by atoms with Gasteiger partial charge in [0, 0.05) is 0 Å². The summed E-state index contributed by atoms with van der Waals surface area (Å²) in [5, 5.41) is 3.53. The molecule has 0 aromatic heterocycles. The maximum absolute atomic E-state index is 3.53. The van der Waals surface area contributed by atoms with Crippen LogP contribution in [0.1, 0.15) is 12.8 Å². The van der Waals surface area contributed by atoms with Crippen LogP contribution in [0.25, 0.3) is 0 Å². The highest BCUT2D eigenvalue weighted by Gasteiger charge is 2.42. The molecule has 0 spiro atoms. The zero-order valence-electron chi connectivity index (χ0n) is 6.79. The smallest absolute Gasteiger partial charge is 0.00114 e. The molecule has 0 unspecified atom stereocenters. The van der Waals surface area contributed by atoms with Crippen LogP contribution in [0, 0.1) is 23.7 Å². The van der Waals surface area contributed by atoms with E-state index >= 15 is 0 Å². The van der Waals surface area contributed by atoms with Crippen molar-refractivity contribution in [1.82, 2.24) is 5.32 Å². The predicted molar refractivity (Wildman–Crippen MR) is 45.2 cm³/mol. The van der Waals surface area contributed by atoms with Crippen LogP contribution in [0.15, 0.2) is 12.2 Å². The molecule has 60 valence electrons. The topological polar surface area (TPSA) is 12.0 Å². The second-order valence-electron chi connectivity index (χ2n) is 4.28. The molecule has 1 aliphatic heterocycles. The summed E-state index contributed by atoms with van der Waals surface area (Å²) in [7, 11) is 0. The van der Waals surface area contributed by atoms with Crippen molar-refractivity contribution in [2.24, 2.45) is 23.7 Å². The Hall–Kier alpha value is -0.300. The highest BCUT2D eigenvalue weighted by molar-refractivity contribution is 5.12. The normalized spacial score (nSPS) is 53.1. The first-order valence-corrected chi connectivity index (χ1v) is 4.84. The van der Waals surface area contributed by atoms with Crippen molar-refractivity contribution in [3.8, 4) is 0 Å². The van der Waals surface area contributed by atoms with Gasteiger partial charge in [0.1, 0.15) is 0 Å². The Labute approximate surface area is 67.9 Å². The Kier molecular flexibility index (Phi) is 1.19. The first-order valence-electron chi connectivity index (χ1n) is 4.84. The first kappa shape index (κ1) is 6.24. The van der Waals surface area contributed by atoms with Crippen LogP contribution < -0.4 is 5.32 Å². The van der Waals surface area contributed by atoms with Crippen molar-refractivity contribution in [2.75, 3.05) is 13.1 Å². The fourth-order valence-corrected chi connectivity index (χ4v) is 3.23. The fourth-order valence-electron chi connectivity index (χ4n) is 3.23. The molecule has 11 heavy (non-hydrogen) atoms. The summed E-state index contributed by atoms with van der Waals surface area (Å²) in [5.41, 5.74) is 0. The number of nitrogens with one attached hydrogen (secondary N) is 1. The molecule has 0 aromatic carbocycles. The summed E-state index contributed by atoms with van der Waals surface area (Å²) in [6.07, 6.45) is 7.87. The van der Waals surface area contributed by atoms with Gasteiger partial charge in [-0.05, 0) is 49.6 Å². The Morgan fingerprint density at radius 2 is 1.45 bits per heavy atom. The minimum Gasteiger partial charge on any atom is -0.316 e. The second-order valence-corrected chi connectivity index (χ2v) is 4.28. The van der Waals surface area contributed by atoms with Gasteiger partial charge in [-0.1, -0.05) is 12.2 Å². The van der Waals surface area contributed by atoms with Crippen molar-refractivity contribution < 1.29 is 0 Å². The van der Waals surface area contributed by atoms with Gasteiger partial charge in [0.05, 0.1) is 0 Å². The van der Waals surface area contributed by atoms with Crippen LogP contribution in [0.4, 0.5) is 0 Å². The second kappa shape index (κ2) is 2.10. The number of hydrogen-bond donors (Lipinski definition) is 1. The van der Waals surface area contributed by atoms with Gasteiger partial charge in [-0.2, -0.15) is 0 Å². The summed E-state index contributed by atoms with van der Waals surface area (Å²) in [4.78, 5) is 0. The first-order chi connectivity index (χ1) is 5.45. The third-order valence-corrected chi connectivity index (χ3v) is 3.85. The number of rotatable bonds is 0. The maximum atomic E-state index is 3.53. The van der Waals surface area contributed by atoms with Crippen LogP contribution in [0.2, 0.25) is 0 Å². The molecule has 1 heterocycles. The lowest BCUT2D eigenvalue weighted by Gasteiger charge is -2.40. The lowest BCUT2D eigenvalue weighted by atomic mass is 9.64. The Morgan fingerprint density at radius 3 is 1.91 bits per heavy atom. The molecule has 4 atom stereocenters. The largest absolute Gasteiger partial charge is 0.316 e. The van der Waals surface area contributed by atoms with Crippen molar-refractivity contribution in [1.29, 1.82) is 0 Å². The van der Waals surface area contributed by atoms with Crippen LogP contribution in [0.3, 0.4) is 0 Å². The summed E-state index contributed by atoms with van der Waals surface area (Å²) in [5.74, 6) is 3.86. The molecule has 3 aliphatic carbocycles. The lowest BCUT2D eigenvalue weighted by Crippen LogP contribution is -2.35. The van der Waals surface area contributed by atoms with Gasteiger partial charge >= 0.3 is 0 Å². The van der Waals surface area contributed by atoms with E-state index in [-0.39, 0.29) is 0 Å². The minimum atomic E-state index is 0.931. The molecular weight excluding hydrogens is 134 g/mol. The summed E-state index contributed by atoms with van der Waals surface area (Å²) < 4.78 is 0. The average Bonchev–Trinajstić information content (AvgIpc) is 2.55. The Morgan fingerprint density at radius 1 is 0.909 bits per heavy atom. The predicted octanol–water partition coefficient (Wildman–Crippen LogP) is 1.42. The van der Waals surface area contributed by atoms with E-state index in [0.717, 1.165) is 23.7 Å². The molecule has 2 fully saturated rings. The van der Waals surface area contributed by atoms with E-state index in [1.165, 1.54) is 25.9 Å². The van der Waals surface area contributed by atoms with E-state index in [1.807, 2.05) is 0 Å². The number of allylic oxidation sites excluding steroid dienone is 2. The standard InChI is InChI=1S/C10H15N/c1-2-8-4-3-7(1)9-5-11-6-10(8)9/h1-2,7-11H,3-6H2/t7-,8-,9-,10-/m0/s1. The molecule has 4 aliphatic rings. The molecule has 1 saturated heterocycles. The summed E-state index contributed by atoms with van der Waals surface area (Å²) in [6.45, 7) is 2.58. The Balaban J connectivity index is 1.97. The molecule has 0 aromatic rings. The van der Waals surface area contributed by atoms with E-state index in [2.05, 4.69) is 17.5 Å². The van der Waals surface area contributed by atoms with Crippen molar-refractivity contribution >= 4 is 0 Å². The van der Waals surface area contributed by atoms with E-state index in [4.69, 9.17) is 0 Å². The van der Waals surface area contributed by atoms with Gasteiger partial charge in [0.2, 0.25) is 0 Å². The minimum absolute atomic E-state index is 0.931.